The number of amides is 1. The molecule has 4 nitrogen and oxygen atoms in total. The van der Waals surface area contributed by atoms with Gasteiger partial charge in [0.1, 0.15) is 12.4 Å². The number of hydrogen-bond donors (Lipinski definition) is 2. The normalized spacial score (nSPS) is 9.55. The van der Waals surface area contributed by atoms with E-state index in [1.54, 1.807) is 37.1 Å². The lowest BCUT2D eigenvalue weighted by molar-refractivity contribution is 0.0953. The monoisotopic (exact) mass is 293 g/mol. The molecule has 5 heteroatoms. The van der Waals surface area contributed by atoms with Crippen molar-refractivity contribution in [1.82, 2.24) is 5.32 Å². The highest BCUT2D eigenvalue weighted by Crippen LogP contribution is 2.18. The van der Waals surface area contributed by atoms with Crippen LogP contribution in [0.4, 0.5) is 0 Å². The van der Waals surface area contributed by atoms with Crippen molar-refractivity contribution in [3.05, 3.63) is 29.3 Å². The Morgan fingerprint density at radius 3 is 2.95 bits per heavy atom. The predicted octanol–water partition coefficient (Wildman–Crippen LogP) is 1.52. The molecule has 0 spiro atoms. The van der Waals surface area contributed by atoms with E-state index in [4.69, 9.17) is 9.84 Å². The molecule has 1 amide bonds. The van der Waals surface area contributed by atoms with Gasteiger partial charge in [0.05, 0.1) is 12.7 Å². The molecule has 0 atom stereocenters. The summed E-state index contributed by atoms with van der Waals surface area (Å²) in [5.41, 5.74) is 1.13. The number of aliphatic hydroxyl groups is 1. The van der Waals surface area contributed by atoms with Crippen molar-refractivity contribution in [1.29, 1.82) is 0 Å². The van der Waals surface area contributed by atoms with E-state index in [2.05, 4.69) is 17.2 Å². The summed E-state index contributed by atoms with van der Waals surface area (Å²) in [5, 5.41) is 11.6. The third-order valence-corrected chi connectivity index (χ3v) is 3.27. The van der Waals surface area contributed by atoms with Crippen molar-refractivity contribution in [2.24, 2.45) is 0 Å². The van der Waals surface area contributed by atoms with Gasteiger partial charge in [0.2, 0.25) is 0 Å². The molecule has 0 heterocycles. The van der Waals surface area contributed by atoms with Gasteiger partial charge in [0.15, 0.2) is 0 Å². The van der Waals surface area contributed by atoms with E-state index in [1.807, 2.05) is 6.26 Å². The molecule has 1 aromatic rings. The molecule has 0 bridgehead atoms. The number of aliphatic hydroxyl groups excluding tert-OH is 1. The summed E-state index contributed by atoms with van der Waals surface area (Å²) in [4.78, 5) is 12.0. The van der Waals surface area contributed by atoms with Gasteiger partial charge in [-0.2, -0.15) is 11.8 Å². The van der Waals surface area contributed by atoms with E-state index in [0.717, 1.165) is 12.2 Å². The molecule has 0 radical (unpaired) electrons. The van der Waals surface area contributed by atoms with Gasteiger partial charge >= 0.3 is 0 Å². The van der Waals surface area contributed by atoms with E-state index in [1.165, 1.54) is 0 Å². The molecule has 0 fully saturated rings. The second-order valence-electron chi connectivity index (χ2n) is 3.98. The first-order valence-corrected chi connectivity index (χ1v) is 7.67. The molecule has 0 aromatic heterocycles. The van der Waals surface area contributed by atoms with Crippen LogP contribution in [0.1, 0.15) is 22.3 Å². The maximum atomic E-state index is 12.0. The first kappa shape index (κ1) is 16.4. The highest BCUT2D eigenvalue weighted by Gasteiger charge is 2.08. The third-order valence-electron chi connectivity index (χ3n) is 2.57. The largest absolute Gasteiger partial charge is 0.495 e. The van der Waals surface area contributed by atoms with Gasteiger partial charge in [0, 0.05) is 12.1 Å². The standard InChI is InChI=1S/C15H19NO3S/c1-19-14-7-6-13(11-12(14)5-3-9-17)15(18)16-8-4-10-20-2/h6-7,11,17H,4,8-10H2,1-2H3,(H,16,18). The summed E-state index contributed by atoms with van der Waals surface area (Å²) >= 11 is 1.76. The first-order valence-electron chi connectivity index (χ1n) is 6.27. The molecular weight excluding hydrogens is 274 g/mol. The Morgan fingerprint density at radius 1 is 1.50 bits per heavy atom. The number of ether oxygens (including phenoxy) is 1. The molecular formula is C15H19NO3S. The van der Waals surface area contributed by atoms with Gasteiger partial charge in [-0.05, 0) is 36.6 Å². The van der Waals surface area contributed by atoms with Crippen molar-refractivity contribution >= 4 is 17.7 Å². The summed E-state index contributed by atoms with van der Waals surface area (Å²) in [5.74, 6) is 6.82. The molecule has 0 unspecified atom stereocenters. The van der Waals surface area contributed by atoms with E-state index in [9.17, 15) is 4.79 Å². The molecule has 108 valence electrons. The summed E-state index contributed by atoms with van der Waals surface area (Å²) < 4.78 is 5.17. The highest BCUT2D eigenvalue weighted by atomic mass is 32.2. The summed E-state index contributed by atoms with van der Waals surface area (Å²) in [6.45, 7) is 0.428. The number of benzene rings is 1. The Balaban J connectivity index is 2.77. The van der Waals surface area contributed by atoms with Crippen molar-refractivity contribution in [3.8, 4) is 17.6 Å². The Labute approximate surface area is 123 Å². The smallest absolute Gasteiger partial charge is 0.251 e. The van der Waals surface area contributed by atoms with Gasteiger partial charge < -0.3 is 15.2 Å². The van der Waals surface area contributed by atoms with Crippen molar-refractivity contribution in [3.63, 3.8) is 0 Å². The lowest BCUT2D eigenvalue weighted by Gasteiger charge is -2.07. The molecule has 1 aromatic carbocycles. The average molecular weight is 293 g/mol. The Bertz CT molecular complexity index is 506. The molecule has 1 rings (SSSR count). The topological polar surface area (TPSA) is 58.6 Å². The number of methoxy groups -OCH3 is 1. The quantitative estimate of drug-likeness (QED) is 0.617. The maximum Gasteiger partial charge on any atom is 0.251 e. The van der Waals surface area contributed by atoms with Crippen molar-refractivity contribution < 1.29 is 14.6 Å². The van der Waals surface area contributed by atoms with Crippen LogP contribution in [0.5, 0.6) is 5.75 Å². The zero-order valence-corrected chi connectivity index (χ0v) is 12.5. The van der Waals surface area contributed by atoms with E-state index in [0.29, 0.717) is 23.4 Å². The van der Waals surface area contributed by atoms with Crippen molar-refractivity contribution in [2.75, 3.05) is 32.3 Å². The van der Waals surface area contributed by atoms with Crippen LogP contribution in [0.25, 0.3) is 0 Å². The number of carbonyl (C=O) groups excluding carboxylic acids is 1. The summed E-state index contributed by atoms with van der Waals surface area (Å²) in [7, 11) is 1.54. The fourth-order valence-electron chi connectivity index (χ4n) is 1.60. The van der Waals surface area contributed by atoms with E-state index < -0.39 is 0 Å². The minimum absolute atomic E-state index is 0.124. The molecule has 0 saturated heterocycles. The van der Waals surface area contributed by atoms with Crippen LogP contribution in [-0.2, 0) is 0 Å². The van der Waals surface area contributed by atoms with E-state index >= 15 is 0 Å². The second-order valence-corrected chi connectivity index (χ2v) is 4.96. The predicted molar refractivity (Wildman–Crippen MR) is 82.3 cm³/mol. The van der Waals surface area contributed by atoms with Crippen LogP contribution in [0.2, 0.25) is 0 Å². The highest BCUT2D eigenvalue weighted by molar-refractivity contribution is 7.98. The number of hydrogen-bond acceptors (Lipinski definition) is 4. The average Bonchev–Trinajstić information content (AvgIpc) is 2.49. The zero-order chi connectivity index (χ0) is 14.8. The third kappa shape index (κ3) is 5.16. The van der Waals surface area contributed by atoms with Crippen LogP contribution >= 0.6 is 11.8 Å². The van der Waals surface area contributed by atoms with Crippen LogP contribution in [0.15, 0.2) is 18.2 Å². The number of nitrogens with one attached hydrogen (secondary N) is 1. The van der Waals surface area contributed by atoms with Gasteiger partial charge in [0.25, 0.3) is 5.91 Å². The lowest BCUT2D eigenvalue weighted by atomic mass is 10.1. The zero-order valence-electron chi connectivity index (χ0n) is 11.7. The molecule has 0 aliphatic rings. The summed E-state index contributed by atoms with van der Waals surface area (Å²) in [6, 6.07) is 5.08. The number of carbonyl (C=O) groups is 1. The Hall–Kier alpha value is -1.64. The van der Waals surface area contributed by atoms with Crippen LogP contribution < -0.4 is 10.1 Å². The Kier molecular flexibility index (Phi) is 7.63. The molecule has 0 saturated carbocycles. The Morgan fingerprint density at radius 2 is 2.30 bits per heavy atom. The maximum absolute atomic E-state index is 12.0. The molecule has 2 N–H and O–H groups in total. The number of thioether (sulfide) groups is 1. The minimum atomic E-state index is -0.228. The number of rotatable bonds is 6. The van der Waals surface area contributed by atoms with E-state index in [-0.39, 0.29) is 12.5 Å². The van der Waals surface area contributed by atoms with Gasteiger partial charge in [-0.3, -0.25) is 4.79 Å². The fourth-order valence-corrected chi connectivity index (χ4v) is 2.04. The lowest BCUT2D eigenvalue weighted by Crippen LogP contribution is -2.24. The van der Waals surface area contributed by atoms with Gasteiger partial charge in [-0.25, -0.2) is 0 Å². The van der Waals surface area contributed by atoms with Crippen LogP contribution in [0.3, 0.4) is 0 Å². The van der Waals surface area contributed by atoms with Crippen molar-refractivity contribution in [2.45, 2.75) is 6.42 Å². The van der Waals surface area contributed by atoms with Crippen LogP contribution in [-0.4, -0.2) is 43.3 Å². The molecule has 0 aliphatic heterocycles. The molecule has 20 heavy (non-hydrogen) atoms. The van der Waals surface area contributed by atoms with Crippen LogP contribution in [0, 0.1) is 11.8 Å². The first-order chi connectivity index (χ1) is 9.72. The fraction of sp³-hybridized carbons (Fsp3) is 0.400. The van der Waals surface area contributed by atoms with Gasteiger partial charge in [-0.1, -0.05) is 11.8 Å². The molecule has 0 aliphatic carbocycles. The SMILES string of the molecule is COc1ccc(C(=O)NCCCSC)cc1C#CCO. The summed E-state index contributed by atoms with van der Waals surface area (Å²) in [6.07, 6.45) is 2.98. The van der Waals surface area contributed by atoms with Gasteiger partial charge in [-0.15, -0.1) is 0 Å². The second kappa shape index (κ2) is 9.29. The minimum Gasteiger partial charge on any atom is -0.495 e.